The van der Waals surface area contributed by atoms with Crippen molar-refractivity contribution in [3.63, 3.8) is 0 Å². The van der Waals surface area contributed by atoms with Crippen molar-refractivity contribution in [3.05, 3.63) is 56.5 Å². The average molecular weight is 456 g/mol. The van der Waals surface area contributed by atoms with Crippen molar-refractivity contribution in [3.8, 4) is 11.5 Å². The number of rotatable bonds is 6. The summed E-state index contributed by atoms with van der Waals surface area (Å²) in [4.78, 5) is 11.8. The summed E-state index contributed by atoms with van der Waals surface area (Å²) in [6, 6.07) is 11.1. The van der Waals surface area contributed by atoms with Gasteiger partial charge in [0.2, 0.25) is 0 Å². The number of nitrogens with zero attached hydrogens (tertiary/aromatic N) is 1. The van der Waals surface area contributed by atoms with E-state index in [9.17, 15) is 4.79 Å². The molecule has 0 saturated carbocycles. The number of hydrogen-bond donors (Lipinski definition) is 1. The first kappa shape index (κ1) is 18.5. The summed E-state index contributed by atoms with van der Waals surface area (Å²) in [6.45, 7) is 1.86. The van der Waals surface area contributed by atoms with Crippen LogP contribution in [0.15, 0.2) is 50.4 Å². The summed E-state index contributed by atoms with van der Waals surface area (Å²) in [5.74, 6) is 0.998. The minimum absolute atomic E-state index is 0.120. The third kappa shape index (κ3) is 5.35. The SMILES string of the molecule is COc1ccc(/C=N\NC(=O)COc2ccc(C)cc2Br)cc1Br. The van der Waals surface area contributed by atoms with Crippen LogP contribution in [0.5, 0.6) is 11.5 Å². The third-order valence-corrected chi connectivity index (χ3v) is 4.26. The standard InChI is InChI=1S/C17H16Br2N2O3/c1-11-3-5-16(13(18)7-11)24-10-17(22)21-20-9-12-4-6-15(23-2)14(19)8-12/h3-9H,10H2,1-2H3,(H,21,22)/b20-9-. The second-order valence-corrected chi connectivity index (χ2v) is 6.62. The highest BCUT2D eigenvalue weighted by atomic mass is 79.9. The number of halogens is 2. The molecular weight excluding hydrogens is 440 g/mol. The molecule has 2 rings (SSSR count). The van der Waals surface area contributed by atoms with Gasteiger partial charge in [-0.1, -0.05) is 6.07 Å². The lowest BCUT2D eigenvalue weighted by Gasteiger charge is -2.07. The Hall–Kier alpha value is -1.86. The Kier molecular flexibility index (Phi) is 6.81. The van der Waals surface area contributed by atoms with Gasteiger partial charge >= 0.3 is 0 Å². The van der Waals surface area contributed by atoms with Gasteiger partial charge < -0.3 is 9.47 Å². The van der Waals surface area contributed by atoms with Crippen molar-refractivity contribution in [1.29, 1.82) is 0 Å². The number of carbonyl (C=O) groups excluding carboxylic acids is 1. The summed E-state index contributed by atoms with van der Waals surface area (Å²) in [7, 11) is 1.60. The number of methoxy groups -OCH3 is 1. The van der Waals surface area contributed by atoms with Crippen LogP contribution in [-0.4, -0.2) is 25.8 Å². The van der Waals surface area contributed by atoms with Gasteiger partial charge in [0.1, 0.15) is 11.5 Å². The molecule has 0 aliphatic heterocycles. The van der Waals surface area contributed by atoms with E-state index in [-0.39, 0.29) is 12.5 Å². The quantitative estimate of drug-likeness (QED) is 0.527. The average Bonchev–Trinajstić information content (AvgIpc) is 2.54. The fourth-order valence-electron chi connectivity index (χ4n) is 1.84. The molecule has 0 spiro atoms. The van der Waals surface area contributed by atoms with Crippen LogP contribution in [0.3, 0.4) is 0 Å². The first-order valence-corrected chi connectivity index (χ1v) is 8.62. The fraction of sp³-hybridized carbons (Fsp3) is 0.176. The molecule has 0 aromatic heterocycles. The van der Waals surface area contributed by atoms with Crippen LogP contribution in [0, 0.1) is 6.92 Å². The summed E-state index contributed by atoms with van der Waals surface area (Å²) >= 11 is 6.79. The van der Waals surface area contributed by atoms with Gasteiger partial charge in [0.15, 0.2) is 6.61 Å². The van der Waals surface area contributed by atoms with E-state index in [2.05, 4.69) is 42.4 Å². The predicted octanol–water partition coefficient (Wildman–Crippen LogP) is 4.06. The van der Waals surface area contributed by atoms with E-state index in [1.165, 1.54) is 0 Å². The Morgan fingerprint density at radius 1 is 1.17 bits per heavy atom. The number of hydrogen-bond acceptors (Lipinski definition) is 4. The fourth-order valence-corrected chi connectivity index (χ4v) is 3.01. The summed E-state index contributed by atoms with van der Waals surface area (Å²) in [6.07, 6.45) is 1.55. The van der Waals surface area contributed by atoms with Crippen LogP contribution < -0.4 is 14.9 Å². The van der Waals surface area contributed by atoms with Gasteiger partial charge in [-0.25, -0.2) is 5.43 Å². The molecule has 0 saturated heterocycles. The Balaban J connectivity index is 1.85. The molecule has 24 heavy (non-hydrogen) atoms. The lowest BCUT2D eigenvalue weighted by molar-refractivity contribution is -0.123. The maximum Gasteiger partial charge on any atom is 0.277 e. The zero-order valence-corrected chi connectivity index (χ0v) is 16.3. The predicted molar refractivity (Wildman–Crippen MR) is 101 cm³/mol. The monoisotopic (exact) mass is 454 g/mol. The van der Waals surface area contributed by atoms with Crippen molar-refractivity contribution in [2.45, 2.75) is 6.92 Å². The lowest BCUT2D eigenvalue weighted by atomic mass is 10.2. The number of ether oxygens (including phenoxy) is 2. The van der Waals surface area contributed by atoms with Crippen LogP contribution in [0.25, 0.3) is 0 Å². The van der Waals surface area contributed by atoms with Crippen LogP contribution in [-0.2, 0) is 4.79 Å². The molecule has 7 heteroatoms. The second-order valence-electron chi connectivity index (χ2n) is 4.91. The van der Waals surface area contributed by atoms with E-state index in [4.69, 9.17) is 9.47 Å². The molecule has 0 radical (unpaired) electrons. The second kappa shape index (κ2) is 8.84. The molecule has 0 atom stereocenters. The van der Waals surface area contributed by atoms with Gasteiger partial charge in [-0.05, 0) is 80.2 Å². The first-order valence-electron chi connectivity index (χ1n) is 7.04. The van der Waals surface area contributed by atoms with E-state index in [0.717, 1.165) is 25.8 Å². The van der Waals surface area contributed by atoms with E-state index in [0.29, 0.717) is 5.75 Å². The van der Waals surface area contributed by atoms with Crippen LogP contribution in [0.2, 0.25) is 0 Å². The highest BCUT2D eigenvalue weighted by Gasteiger charge is 2.05. The first-order chi connectivity index (χ1) is 11.5. The van der Waals surface area contributed by atoms with E-state index >= 15 is 0 Å². The number of hydrazone groups is 1. The smallest absolute Gasteiger partial charge is 0.277 e. The number of amides is 1. The van der Waals surface area contributed by atoms with E-state index in [1.807, 2.05) is 43.3 Å². The zero-order valence-electron chi connectivity index (χ0n) is 13.2. The number of benzene rings is 2. The largest absolute Gasteiger partial charge is 0.496 e. The van der Waals surface area contributed by atoms with Gasteiger partial charge in [0, 0.05) is 0 Å². The molecule has 5 nitrogen and oxygen atoms in total. The number of nitrogens with one attached hydrogen (secondary N) is 1. The van der Waals surface area contributed by atoms with Gasteiger partial charge in [-0.2, -0.15) is 5.10 Å². The van der Waals surface area contributed by atoms with Gasteiger partial charge in [-0.3, -0.25) is 4.79 Å². The van der Waals surface area contributed by atoms with E-state index < -0.39 is 0 Å². The van der Waals surface area contributed by atoms with Crippen molar-refractivity contribution in [1.82, 2.24) is 5.43 Å². The summed E-state index contributed by atoms with van der Waals surface area (Å²) in [5, 5.41) is 3.91. The minimum atomic E-state index is -0.341. The topological polar surface area (TPSA) is 59.9 Å². The molecular formula is C17H16Br2N2O3. The molecule has 126 valence electrons. The summed E-state index contributed by atoms with van der Waals surface area (Å²) in [5.41, 5.74) is 4.35. The molecule has 0 fully saturated rings. The molecule has 1 N–H and O–H groups in total. The highest BCUT2D eigenvalue weighted by molar-refractivity contribution is 9.10. The molecule has 0 heterocycles. The molecule has 0 unspecified atom stereocenters. The Morgan fingerprint density at radius 2 is 1.88 bits per heavy atom. The van der Waals surface area contributed by atoms with E-state index in [1.54, 1.807) is 13.3 Å². The Labute approximate surface area is 157 Å². The molecule has 0 bridgehead atoms. The van der Waals surface area contributed by atoms with Crippen molar-refractivity contribution >= 4 is 44.0 Å². The molecule has 0 aliphatic carbocycles. The minimum Gasteiger partial charge on any atom is -0.496 e. The van der Waals surface area contributed by atoms with Crippen LogP contribution >= 0.6 is 31.9 Å². The third-order valence-electron chi connectivity index (χ3n) is 3.02. The lowest BCUT2D eigenvalue weighted by Crippen LogP contribution is -2.24. The maximum atomic E-state index is 11.8. The van der Waals surface area contributed by atoms with Crippen LogP contribution in [0.1, 0.15) is 11.1 Å². The van der Waals surface area contributed by atoms with Crippen molar-refractivity contribution in [2.24, 2.45) is 5.10 Å². The normalized spacial score (nSPS) is 10.7. The molecule has 2 aromatic rings. The van der Waals surface area contributed by atoms with Gasteiger partial charge in [0.25, 0.3) is 5.91 Å². The zero-order chi connectivity index (χ0) is 17.5. The van der Waals surface area contributed by atoms with Crippen molar-refractivity contribution < 1.29 is 14.3 Å². The summed E-state index contributed by atoms with van der Waals surface area (Å²) < 4.78 is 12.2. The Morgan fingerprint density at radius 3 is 2.54 bits per heavy atom. The highest BCUT2D eigenvalue weighted by Crippen LogP contribution is 2.26. The Bertz CT molecular complexity index is 763. The molecule has 0 aliphatic rings. The molecule has 2 aromatic carbocycles. The van der Waals surface area contributed by atoms with Gasteiger partial charge in [0.05, 0.1) is 22.3 Å². The van der Waals surface area contributed by atoms with Crippen LogP contribution in [0.4, 0.5) is 0 Å². The number of aryl methyl sites for hydroxylation is 1. The maximum absolute atomic E-state index is 11.8. The van der Waals surface area contributed by atoms with Gasteiger partial charge in [-0.15, -0.1) is 0 Å². The molecule has 1 amide bonds. The number of carbonyl (C=O) groups is 1. The van der Waals surface area contributed by atoms with Crippen molar-refractivity contribution in [2.75, 3.05) is 13.7 Å².